The highest BCUT2D eigenvalue weighted by Gasteiger charge is 2.27. The fraction of sp³-hybridized carbons (Fsp3) is 0.529. The van der Waals surface area contributed by atoms with Crippen molar-refractivity contribution in [2.45, 2.75) is 43.2 Å². The number of nitrogens with one attached hydrogen (secondary N) is 2. The number of nitrogens with zero attached hydrogens (tertiary/aromatic N) is 1. The number of benzene rings is 1. The van der Waals surface area contributed by atoms with E-state index in [0.717, 1.165) is 4.31 Å². The maximum atomic E-state index is 12.3. The second kappa shape index (κ2) is 8.50. The Morgan fingerprint density at radius 1 is 1.15 bits per heavy atom. The number of sulfonamides is 1. The first-order valence-electron chi connectivity index (χ1n) is 8.49. The largest absolute Gasteiger partial charge is 0.481 e. The normalized spacial score (nSPS) is 20.6. The molecule has 0 spiro atoms. The highest BCUT2D eigenvalue weighted by atomic mass is 32.2. The van der Waals surface area contributed by atoms with Gasteiger partial charge in [0.1, 0.15) is 0 Å². The zero-order chi connectivity index (χ0) is 19.3. The molecule has 0 saturated heterocycles. The van der Waals surface area contributed by atoms with Crippen molar-refractivity contribution in [3.05, 3.63) is 29.8 Å². The Morgan fingerprint density at radius 3 is 2.35 bits per heavy atom. The van der Waals surface area contributed by atoms with E-state index in [1.807, 2.05) is 0 Å². The number of urea groups is 1. The molecule has 2 rings (SSSR count). The molecule has 0 radical (unpaired) electrons. The molecule has 144 valence electrons. The summed E-state index contributed by atoms with van der Waals surface area (Å²) < 4.78 is 25.8. The van der Waals surface area contributed by atoms with E-state index < -0.39 is 16.0 Å². The molecule has 0 aromatic heterocycles. The number of rotatable bonds is 6. The lowest BCUT2D eigenvalue weighted by molar-refractivity contribution is -0.142. The summed E-state index contributed by atoms with van der Waals surface area (Å²) in [6.45, 7) is 0.0829. The van der Waals surface area contributed by atoms with E-state index in [4.69, 9.17) is 5.11 Å². The van der Waals surface area contributed by atoms with Crippen LogP contribution in [-0.4, -0.2) is 50.0 Å². The standard InChI is InChI=1S/C17H25N3O5S/c1-20(2)26(24,25)15-6-4-3-5-13(15)11-18-17(23)19-14-9-7-12(8-10-14)16(21)22/h3-6,12,14H,7-11H2,1-2H3,(H,21,22)(H2,18,19,23). The minimum atomic E-state index is -3.59. The van der Waals surface area contributed by atoms with Gasteiger partial charge >= 0.3 is 12.0 Å². The topological polar surface area (TPSA) is 116 Å². The maximum absolute atomic E-state index is 12.3. The maximum Gasteiger partial charge on any atom is 0.315 e. The van der Waals surface area contributed by atoms with Gasteiger partial charge in [0.05, 0.1) is 10.8 Å². The average Bonchev–Trinajstić information content (AvgIpc) is 2.60. The monoisotopic (exact) mass is 383 g/mol. The van der Waals surface area contributed by atoms with Gasteiger partial charge in [0.2, 0.25) is 10.0 Å². The van der Waals surface area contributed by atoms with E-state index in [2.05, 4.69) is 10.6 Å². The average molecular weight is 383 g/mol. The molecule has 0 atom stereocenters. The summed E-state index contributed by atoms with van der Waals surface area (Å²) in [5.74, 6) is -1.12. The second-order valence-corrected chi connectivity index (χ2v) is 8.73. The van der Waals surface area contributed by atoms with E-state index in [9.17, 15) is 18.0 Å². The van der Waals surface area contributed by atoms with Crippen LogP contribution >= 0.6 is 0 Å². The number of carbonyl (C=O) groups excluding carboxylic acids is 1. The van der Waals surface area contributed by atoms with E-state index in [1.54, 1.807) is 18.2 Å². The molecule has 8 nitrogen and oxygen atoms in total. The summed E-state index contributed by atoms with van der Waals surface area (Å²) in [6, 6.07) is 6.08. The minimum absolute atomic E-state index is 0.0636. The number of carbonyl (C=O) groups is 2. The zero-order valence-corrected chi connectivity index (χ0v) is 15.8. The first-order valence-corrected chi connectivity index (χ1v) is 9.93. The van der Waals surface area contributed by atoms with Gasteiger partial charge in [-0.05, 0) is 37.3 Å². The molecule has 1 aromatic carbocycles. The summed E-state index contributed by atoms with van der Waals surface area (Å²) in [4.78, 5) is 23.2. The molecule has 0 bridgehead atoms. The molecular formula is C17H25N3O5S. The predicted octanol–water partition coefficient (Wildman–Crippen LogP) is 1.38. The van der Waals surface area contributed by atoms with Gasteiger partial charge in [0.15, 0.2) is 0 Å². The smallest absolute Gasteiger partial charge is 0.315 e. The van der Waals surface area contributed by atoms with Crippen LogP contribution in [0.3, 0.4) is 0 Å². The van der Waals surface area contributed by atoms with Crippen LogP contribution < -0.4 is 10.6 Å². The molecule has 0 heterocycles. The van der Waals surface area contributed by atoms with Crippen molar-refractivity contribution < 1.29 is 23.1 Å². The van der Waals surface area contributed by atoms with Crippen LogP contribution in [0.25, 0.3) is 0 Å². The van der Waals surface area contributed by atoms with Gasteiger partial charge < -0.3 is 15.7 Å². The Bertz CT molecular complexity index is 755. The third-order valence-electron chi connectivity index (χ3n) is 4.58. The van der Waals surface area contributed by atoms with Crippen molar-refractivity contribution in [2.24, 2.45) is 5.92 Å². The van der Waals surface area contributed by atoms with E-state index in [-0.39, 0.29) is 29.4 Å². The second-order valence-electron chi connectivity index (χ2n) is 6.61. The number of carboxylic acids is 1. The van der Waals surface area contributed by atoms with Crippen molar-refractivity contribution in [3.8, 4) is 0 Å². The van der Waals surface area contributed by atoms with Crippen molar-refractivity contribution in [1.29, 1.82) is 0 Å². The van der Waals surface area contributed by atoms with E-state index in [0.29, 0.717) is 31.2 Å². The summed E-state index contributed by atoms with van der Waals surface area (Å²) in [5, 5.41) is 14.5. The lowest BCUT2D eigenvalue weighted by Gasteiger charge is -2.26. The molecular weight excluding hydrogens is 358 g/mol. The van der Waals surface area contributed by atoms with Gasteiger partial charge in [-0.15, -0.1) is 0 Å². The Morgan fingerprint density at radius 2 is 1.77 bits per heavy atom. The van der Waals surface area contributed by atoms with Gasteiger partial charge in [-0.2, -0.15) is 0 Å². The van der Waals surface area contributed by atoms with Gasteiger partial charge in [0, 0.05) is 26.7 Å². The lowest BCUT2D eigenvalue weighted by Crippen LogP contribution is -2.44. The summed E-state index contributed by atoms with van der Waals surface area (Å²) >= 11 is 0. The summed E-state index contributed by atoms with van der Waals surface area (Å²) in [7, 11) is -0.675. The lowest BCUT2D eigenvalue weighted by atomic mass is 9.86. The van der Waals surface area contributed by atoms with Crippen molar-refractivity contribution in [1.82, 2.24) is 14.9 Å². The van der Waals surface area contributed by atoms with Gasteiger partial charge in [-0.3, -0.25) is 4.79 Å². The third kappa shape index (κ3) is 4.95. The first-order chi connectivity index (χ1) is 12.2. The molecule has 3 N–H and O–H groups in total. The van der Waals surface area contributed by atoms with Crippen molar-refractivity contribution in [3.63, 3.8) is 0 Å². The first kappa shape index (κ1) is 20.2. The molecule has 0 aliphatic heterocycles. The SMILES string of the molecule is CN(C)S(=O)(=O)c1ccccc1CNC(=O)NC1CCC(C(=O)O)CC1. The highest BCUT2D eigenvalue weighted by Crippen LogP contribution is 2.24. The fourth-order valence-corrected chi connectivity index (χ4v) is 4.11. The summed E-state index contributed by atoms with van der Waals surface area (Å²) in [5.41, 5.74) is 0.505. The van der Waals surface area contributed by atoms with Crippen LogP contribution in [0.1, 0.15) is 31.2 Å². The van der Waals surface area contributed by atoms with Crippen molar-refractivity contribution in [2.75, 3.05) is 14.1 Å². The van der Waals surface area contributed by atoms with E-state index >= 15 is 0 Å². The third-order valence-corrected chi connectivity index (χ3v) is 6.50. The Hall–Kier alpha value is -2.13. The molecule has 1 fully saturated rings. The van der Waals surface area contributed by atoms with Gasteiger partial charge in [-0.1, -0.05) is 18.2 Å². The minimum Gasteiger partial charge on any atom is -0.481 e. The highest BCUT2D eigenvalue weighted by molar-refractivity contribution is 7.89. The fourth-order valence-electron chi connectivity index (χ4n) is 2.99. The number of carboxylic acid groups (broad SMARTS) is 1. The Balaban J connectivity index is 1.92. The Labute approximate surface area is 153 Å². The van der Waals surface area contributed by atoms with Crippen molar-refractivity contribution >= 4 is 22.0 Å². The number of hydrogen-bond donors (Lipinski definition) is 3. The molecule has 0 unspecified atom stereocenters. The summed E-state index contributed by atoms with van der Waals surface area (Å²) in [6.07, 6.45) is 2.33. The molecule has 1 aliphatic carbocycles. The zero-order valence-electron chi connectivity index (χ0n) is 14.9. The van der Waals surface area contributed by atoms with Crippen LogP contribution in [0, 0.1) is 5.92 Å². The van der Waals surface area contributed by atoms with Crippen LogP contribution in [0.5, 0.6) is 0 Å². The predicted molar refractivity (Wildman–Crippen MR) is 96.1 cm³/mol. The Kier molecular flexibility index (Phi) is 6.60. The molecule has 9 heteroatoms. The molecule has 2 amide bonds. The molecule has 1 aromatic rings. The quantitative estimate of drug-likeness (QED) is 0.686. The van der Waals surface area contributed by atoms with Crippen LogP contribution in [-0.2, 0) is 21.4 Å². The van der Waals surface area contributed by atoms with Crippen LogP contribution in [0.2, 0.25) is 0 Å². The molecule has 1 saturated carbocycles. The van der Waals surface area contributed by atoms with E-state index in [1.165, 1.54) is 20.2 Å². The van der Waals surface area contributed by atoms with Gasteiger partial charge in [-0.25, -0.2) is 17.5 Å². The van der Waals surface area contributed by atoms with Gasteiger partial charge in [0.25, 0.3) is 0 Å². The molecule has 1 aliphatic rings. The number of hydrogen-bond acceptors (Lipinski definition) is 4. The number of aliphatic carboxylic acids is 1. The molecule has 26 heavy (non-hydrogen) atoms. The van der Waals surface area contributed by atoms with Crippen LogP contribution in [0.4, 0.5) is 4.79 Å². The van der Waals surface area contributed by atoms with Crippen LogP contribution in [0.15, 0.2) is 29.2 Å². The number of amides is 2.